The van der Waals surface area contributed by atoms with Gasteiger partial charge >= 0.3 is 6.03 Å². The molecular weight excluding hydrogens is 376 g/mol. The topological polar surface area (TPSA) is 77.4 Å². The normalized spacial score (nSPS) is 12.4. The van der Waals surface area contributed by atoms with Gasteiger partial charge in [0.05, 0.1) is 25.6 Å². The molecule has 1 aliphatic heterocycles. The van der Waals surface area contributed by atoms with Crippen LogP contribution in [0.15, 0.2) is 53.8 Å². The van der Waals surface area contributed by atoms with Gasteiger partial charge in [0.2, 0.25) is 0 Å². The van der Waals surface area contributed by atoms with Crippen LogP contribution in [0.2, 0.25) is 0 Å². The highest BCUT2D eigenvalue weighted by molar-refractivity contribution is 7.99. The van der Waals surface area contributed by atoms with Crippen molar-refractivity contribution in [2.45, 2.75) is 11.7 Å². The number of para-hydroxylation sites is 1. The number of amides is 2. The molecule has 0 saturated carbocycles. The van der Waals surface area contributed by atoms with Crippen LogP contribution in [0.5, 0.6) is 11.5 Å². The van der Waals surface area contributed by atoms with E-state index in [2.05, 4.69) is 20.2 Å². The van der Waals surface area contributed by atoms with E-state index in [1.54, 1.807) is 44.2 Å². The second-order valence-corrected chi connectivity index (χ2v) is 7.24. The van der Waals surface area contributed by atoms with Crippen LogP contribution in [0, 0.1) is 0 Å². The summed E-state index contributed by atoms with van der Waals surface area (Å²) in [5.41, 5.74) is 2.99. The molecule has 4 rings (SSSR count). The number of nitrogens with one attached hydrogen (secondary N) is 2. The summed E-state index contributed by atoms with van der Waals surface area (Å²) in [5, 5.41) is 6.74. The maximum Gasteiger partial charge on any atom is 0.323 e. The number of urea groups is 1. The molecule has 0 saturated heterocycles. The number of nitrogens with zero attached hydrogens (tertiary/aromatic N) is 2. The van der Waals surface area contributed by atoms with Crippen molar-refractivity contribution in [1.82, 2.24) is 9.55 Å². The van der Waals surface area contributed by atoms with Gasteiger partial charge in [0.1, 0.15) is 11.5 Å². The first-order chi connectivity index (χ1) is 13.7. The number of rotatable bonds is 5. The van der Waals surface area contributed by atoms with Gasteiger partial charge in [-0.1, -0.05) is 30.0 Å². The number of hydrogen-bond acceptors (Lipinski definition) is 5. The molecule has 1 aliphatic rings. The van der Waals surface area contributed by atoms with Crippen molar-refractivity contribution in [2.75, 3.05) is 30.6 Å². The Morgan fingerprint density at radius 1 is 1.11 bits per heavy atom. The van der Waals surface area contributed by atoms with Crippen molar-refractivity contribution >= 4 is 29.2 Å². The molecule has 0 bridgehead atoms. The van der Waals surface area contributed by atoms with E-state index in [-0.39, 0.29) is 6.03 Å². The van der Waals surface area contributed by atoms with Crippen LogP contribution in [0.4, 0.5) is 16.2 Å². The van der Waals surface area contributed by atoms with Crippen LogP contribution in [0.25, 0.3) is 11.3 Å². The van der Waals surface area contributed by atoms with Crippen molar-refractivity contribution < 1.29 is 14.3 Å². The largest absolute Gasteiger partial charge is 0.497 e. The Bertz CT molecular complexity index is 975. The molecule has 2 aromatic carbocycles. The monoisotopic (exact) mass is 396 g/mol. The number of thioether (sulfide) groups is 1. The highest BCUT2D eigenvalue weighted by Gasteiger charge is 2.17. The number of anilines is 2. The summed E-state index contributed by atoms with van der Waals surface area (Å²) in [4.78, 5) is 17.3. The van der Waals surface area contributed by atoms with Crippen LogP contribution < -0.4 is 20.1 Å². The number of fused-ring (bicyclic) bond motifs is 1. The number of methoxy groups -OCH3 is 2. The van der Waals surface area contributed by atoms with Crippen molar-refractivity contribution in [1.29, 1.82) is 0 Å². The molecule has 0 radical (unpaired) electrons. The van der Waals surface area contributed by atoms with E-state index in [9.17, 15) is 4.79 Å². The molecule has 0 atom stereocenters. The SMILES string of the molecule is COc1cc(NC(=O)Nc2ccccc2-c2cn3c(n2)SCC3)cc(OC)c1. The Hall–Kier alpha value is -3.13. The molecule has 1 aromatic heterocycles. The molecular formula is C20H20N4O3S. The fourth-order valence-corrected chi connectivity index (χ4v) is 3.96. The average Bonchev–Trinajstić information content (AvgIpc) is 3.30. The van der Waals surface area contributed by atoms with Gasteiger partial charge in [-0.05, 0) is 6.07 Å². The van der Waals surface area contributed by atoms with E-state index in [1.807, 2.05) is 30.5 Å². The molecule has 0 fully saturated rings. The summed E-state index contributed by atoms with van der Waals surface area (Å²) in [6.07, 6.45) is 2.03. The summed E-state index contributed by atoms with van der Waals surface area (Å²) in [6.45, 7) is 0.959. The number of benzene rings is 2. The minimum absolute atomic E-state index is 0.358. The maximum absolute atomic E-state index is 12.6. The van der Waals surface area contributed by atoms with Gasteiger partial charge in [0.15, 0.2) is 5.16 Å². The van der Waals surface area contributed by atoms with Gasteiger partial charge in [0, 0.05) is 47.9 Å². The predicted molar refractivity (Wildman–Crippen MR) is 111 cm³/mol. The van der Waals surface area contributed by atoms with Gasteiger partial charge in [-0.3, -0.25) is 0 Å². The molecule has 2 heterocycles. The molecule has 28 heavy (non-hydrogen) atoms. The third-order valence-corrected chi connectivity index (χ3v) is 5.33. The van der Waals surface area contributed by atoms with E-state index >= 15 is 0 Å². The summed E-state index contributed by atoms with van der Waals surface area (Å²) in [5.74, 6) is 2.25. The van der Waals surface area contributed by atoms with Gasteiger partial charge in [-0.2, -0.15) is 0 Å². The second kappa shape index (κ2) is 7.85. The number of aryl methyl sites for hydroxylation is 1. The quantitative estimate of drug-likeness (QED) is 0.672. The van der Waals surface area contributed by atoms with Gasteiger partial charge in [-0.15, -0.1) is 0 Å². The Morgan fingerprint density at radius 3 is 2.57 bits per heavy atom. The van der Waals surface area contributed by atoms with E-state index in [0.29, 0.717) is 22.9 Å². The smallest absolute Gasteiger partial charge is 0.323 e. The Labute approximate surface area is 167 Å². The van der Waals surface area contributed by atoms with Crippen LogP contribution in [-0.2, 0) is 6.54 Å². The number of aromatic nitrogens is 2. The fraction of sp³-hybridized carbons (Fsp3) is 0.200. The van der Waals surface area contributed by atoms with Crippen molar-refractivity contribution in [2.24, 2.45) is 0 Å². The Morgan fingerprint density at radius 2 is 1.86 bits per heavy atom. The van der Waals surface area contributed by atoms with Gasteiger partial charge in [-0.25, -0.2) is 9.78 Å². The van der Waals surface area contributed by atoms with Gasteiger partial charge in [0.25, 0.3) is 0 Å². The zero-order valence-corrected chi connectivity index (χ0v) is 16.4. The number of carbonyl (C=O) groups is 1. The molecule has 2 N–H and O–H groups in total. The molecule has 0 unspecified atom stereocenters. The molecule has 0 aliphatic carbocycles. The fourth-order valence-electron chi connectivity index (χ4n) is 3.02. The zero-order valence-electron chi connectivity index (χ0n) is 15.6. The predicted octanol–water partition coefficient (Wildman–Crippen LogP) is 4.32. The summed E-state index contributed by atoms with van der Waals surface area (Å²) < 4.78 is 12.6. The van der Waals surface area contributed by atoms with Crippen molar-refractivity contribution in [3.63, 3.8) is 0 Å². The summed E-state index contributed by atoms with van der Waals surface area (Å²) in [6, 6.07) is 12.5. The standard InChI is InChI=1S/C20H20N4O3S/c1-26-14-9-13(10-15(11-14)27-2)21-19(25)22-17-6-4-3-5-16(17)18-12-24-7-8-28-20(24)23-18/h3-6,9-12H,7-8H2,1-2H3,(H2,21,22,25). The number of imidazole rings is 1. The lowest BCUT2D eigenvalue weighted by atomic mass is 10.1. The molecule has 3 aromatic rings. The second-order valence-electron chi connectivity index (χ2n) is 6.18. The average molecular weight is 396 g/mol. The van der Waals surface area contributed by atoms with Gasteiger partial charge < -0.3 is 24.7 Å². The number of ether oxygens (including phenoxy) is 2. The Kier molecular flexibility index (Phi) is 5.12. The maximum atomic E-state index is 12.6. The van der Waals surface area contributed by atoms with E-state index in [1.165, 1.54) is 0 Å². The highest BCUT2D eigenvalue weighted by Crippen LogP contribution is 2.32. The van der Waals surface area contributed by atoms with Crippen LogP contribution in [0.1, 0.15) is 0 Å². The summed E-state index contributed by atoms with van der Waals surface area (Å²) >= 11 is 1.74. The lowest BCUT2D eigenvalue weighted by molar-refractivity contribution is 0.262. The molecule has 8 heteroatoms. The highest BCUT2D eigenvalue weighted by atomic mass is 32.2. The molecule has 7 nitrogen and oxygen atoms in total. The zero-order chi connectivity index (χ0) is 19.5. The molecule has 2 amide bonds. The number of hydrogen-bond donors (Lipinski definition) is 2. The van der Waals surface area contributed by atoms with Crippen molar-refractivity contribution in [3.8, 4) is 22.8 Å². The third-order valence-electron chi connectivity index (χ3n) is 4.36. The van der Waals surface area contributed by atoms with E-state index in [4.69, 9.17) is 9.47 Å². The molecule has 144 valence electrons. The lowest BCUT2D eigenvalue weighted by Crippen LogP contribution is -2.20. The lowest BCUT2D eigenvalue weighted by Gasteiger charge is -2.12. The van der Waals surface area contributed by atoms with E-state index < -0.39 is 0 Å². The van der Waals surface area contributed by atoms with Crippen molar-refractivity contribution in [3.05, 3.63) is 48.7 Å². The summed E-state index contributed by atoms with van der Waals surface area (Å²) in [7, 11) is 3.13. The van der Waals surface area contributed by atoms with E-state index in [0.717, 1.165) is 28.7 Å². The first-order valence-electron chi connectivity index (χ1n) is 8.76. The first-order valence-corrected chi connectivity index (χ1v) is 9.75. The third kappa shape index (κ3) is 3.77. The van der Waals surface area contributed by atoms with Crippen LogP contribution in [-0.4, -0.2) is 35.6 Å². The van der Waals surface area contributed by atoms with Crippen LogP contribution in [0.3, 0.4) is 0 Å². The van der Waals surface area contributed by atoms with Crippen LogP contribution >= 0.6 is 11.8 Å². The minimum Gasteiger partial charge on any atom is -0.497 e. The minimum atomic E-state index is -0.358. The Balaban J connectivity index is 1.54. The first kappa shape index (κ1) is 18.2. The number of carbonyl (C=O) groups excluding carboxylic acids is 1. The molecule has 0 spiro atoms.